The molecule has 0 saturated carbocycles. The lowest BCUT2D eigenvalue weighted by atomic mass is 10.1. The Hall–Kier alpha value is -2.44. The molecular weight excluding hydrogens is 272 g/mol. The highest BCUT2D eigenvalue weighted by Crippen LogP contribution is 2.23. The molecule has 7 heteroatoms. The van der Waals surface area contributed by atoms with Crippen LogP contribution in [-0.2, 0) is 0 Å². The number of benzene rings is 1. The van der Waals surface area contributed by atoms with Crippen molar-refractivity contribution in [3.63, 3.8) is 0 Å². The first-order chi connectivity index (χ1) is 10.1. The number of rotatable bonds is 2. The van der Waals surface area contributed by atoms with Crippen LogP contribution in [0, 0.1) is 0 Å². The molecule has 3 amide bonds. The third-order valence-corrected chi connectivity index (χ3v) is 4.01. The van der Waals surface area contributed by atoms with E-state index in [0.717, 1.165) is 0 Å². The molecule has 21 heavy (non-hydrogen) atoms. The zero-order valence-electron chi connectivity index (χ0n) is 11.8. The number of fused-ring (bicyclic) bond motifs is 1. The SMILES string of the molecule is COc1ccc(C(=O)N2CCN3C(=O)NCC3C2)c(N)c1. The molecule has 1 aromatic carbocycles. The molecule has 1 aromatic rings. The van der Waals surface area contributed by atoms with Gasteiger partial charge in [0.2, 0.25) is 0 Å². The Morgan fingerprint density at radius 1 is 1.43 bits per heavy atom. The quantitative estimate of drug-likeness (QED) is 0.758. The number of carbonyl (C=O) groups is 2. The molecule has 3 N–H and O–H groups in total. The Morgan fingerprint density at radius 3 is 2.95 bits per heavy atom. The Morgan fingerprint density at radius 2 is 2.24 bits per heavy atom. The molecule has 2 heterocycles. The molecule has 2 fully saturated rings. The predicted molar refractivity (Wildman–Crippen MR) is 77.2 cm³/mol. The predicted octanol–water partition coefficient (Wildman–Crippen LogP) is 0.127. The topological polar surface area (TPSA) is 87.9 Å². The van der Waals surface area contributed by atoms with E-state index >= 15 is 0 Å². The minimum Gasteiger partial charge on any atom is -0.497 e. The summed E-state index contributed by atoms with van der Waals surface area (Å²) in [6.45, 7) is 2.19. The van der Waals surface area contributed by atoms with Gasteiger partial charge in [0.1, 0.15) is 5.75 Å². The number of urea groups is 1. The first-order valence-corrected chi connectivity index (χ1v) is 6.87. The van der Waals surface area contributed by atoms with E-state index in [4.69, 9.17) is 10.5 Å². The standard InChI is InChI=1S/C14H18N4O3/c1-21-10-2-3-11(12(15)6-10)13(19)17-4-5-18-9(8-17)7-16-14(18)20/h2-3,6,9H,4-5,7-8,15H2,1H3,(H,16,20). The van der Waals surface area contributed by atoms with Crippen LogP contribution in [0.15, 0.2) is 18.2 Å². The number of nitrogens with zero attached hydrogens (tertiary/aromatic N) is 2. The minimum absolute atomic E-state index is 0.0453. The average Bonchev–Trinajstić information content (AvgIpc) is 2.87. The van der Waals surface area contributed by atoms with Crippen LogP contribution in [0.5, 0.6) is 5.75 Å². The van der Waals surface area contributed by atoms with E-state index < -0.39 is 0 Å². The van der Waals surface area contributed by atoms with Crippen molar-refractivity contribution in [1.82, 2.24) is 15.1 Å². The van der Waals surface area contributed by atoms with Crippen molar-refractivity contribution < 1.29 is 14.3 Å². The fourth-order valence-corrected chi connectivity index (χ4v) is 2.82. The number of nitrogen functional groups attached to an aromatic ring is 1. The van der Waals surface area contributed by atoms with E-state index in [1.807, 2.05) is 0 Å². The fraction of sp³-hybridized carbons (Fsp3) is 0.429. The van der Waals surface area contributed by atoms with Crippen molar-refractivity contribution >= 4 is 17.6 Å². The normalized spacial score (nSPS) is 21.0. The van der Waals surface area contributed by atoms with Crippen LogP contribution in [0.4, 0.5) is 10.5 Å². The molecule has 0 spiro atoms. The summed E-state index contributed by atoms with van der Waals surface area (Å²) in [4.78, 5) is 27.7. The summed E-state index contributed by atoms with van der Waals surface area (Å²) in [6, 6.07) is 5.05. The summed E-state index contributed by atoms with van der Waals surface area (Å²) >= 11 is 0. The Balaban J connectivity index is 1.75. The monoisotopic (exact) mass is 290 g/mol. The first kappa shape index (κ1) is 13.5. The van der Waals surface area contributed by atoms with Gasteiger partial charge in [-0.3, -0.25) is 4.79 Å². The van der Waals surface area contributed by atoms with Gasteiger partial charge in [-0.15, -0.1) is 0 Å². The Kier molecular flexibility index (Phi) is 3.32. The van der Waals surface area contributed by atoms with Crippen molar-refractivity contribution in [2.45, 2.75) is 6.04 Å². The number of methoxy groups -OCH3 is 1. The van der Waals surface area contributed by atoms with Crippen LogP contribution in [0.1, 0.15) is 10.4 Å². The van der Waals surface area contributed by atoms with Gasteiger partial charge in [-0.05, 0) is 12.1 Å². The molecule has 2 aliphatic rings. The maximum atomic E-state index is 12.6. The smallest absolute Gasteiger partial charge is 0.317 e. The summed E-state index contributed by atoms with van der Waals surface area (Å²) in [5.41, 5.74) is 6.81. The number of ether oxygens (including phenoxy) is 1. The zero-order valence-corrected chi connectivity index (χ0v) is 11.8. The number of nitrogens with two attached hydrogens (primary N) is 1. The lowest BCUT2D eigenvalue weighted by molar-refractivity contribution is 0.0618. The van der Waals surface area contributed by atoms with Gasteiger partial charge in [0.15, 0.2) is 0 Å². The van der Waals surface area contributed by atoms with E-state index in [9.17, 15) is 9.59 Å². The second-order valence-electron chi connectivity index (χ2n) is 5.24. The van der Waals surface area contributed by atoms with E-state index in [2.05, 4.69) is 5.32 Å². The number of amides is 3. The average molecular weight is 290 g/mol. The third kappa shape index (κ3) is 2.35. The van der Waals surface area contributed by atoms with Gasteiger partial charge >= 0.3 is 6.03 Å². The first-order valence-electron chi connectivity index (χ1n) is 6.87. The maximum Gasteiger partial charge on any atom is 0.317 e. The summed E-state index contributed by atoms with van der Waals surface area (Å²) in [5.74, 6) is 0.522. The summed E-state index contributed by atoms with van der Waals surface area (Å²) in [5, 5.41) is 2.80. The number of piperazine rings is 1. The van der Waals surface area contributed by atoms with Gasteiger partial charge < -0.3 is 25.6 Å². The number of anilines is 1. The molecule has 0 aromatic heterocycles. The molecule has 112 valence electrons. The summed E-state index contributed by atoms with van der Waals surface area (Å²) < 4.78 is 5.09. The minimum atomic E-state index is -0.103. The number of hydrogen-bond acceptors (Lipinski definition) is 4. The molecule has 1 unspecified atom stereocenters. The molecule has 3 rings (SSSR count). The van der Waals surface area contributed by atoms with Crippen molar-refractivity contribution in [1.29, 1.82) is 0 Å². The zero-order chi connectivity index (χ0) is 15.0. The molecule has 7 nitrogen and oxygen atoms in total. The molecule has 0 aliphatic carbocycles. The molecule has 2 saturated heterocycles. The van der Waals surface area contributed by atoms with Gasteiger partial charge in [-0.1, -0.05) is 0 Å². The van der Waals surface area contributed by atoms with Crippen molar-refractivity contribution in [2.24, 2.45) is 0 Å². The molecule has 2 aliphatic heterocycles. The van der Waals surface area contributed by atoms with Crippen molar-refractivity contribution in [3.05, 3.63) is 23.8 Å². The number of carbonyl (C=O) groups excluding carboxylic acids is 2. The third-order valence-electron chi connectivity index (χ3n) is 4.01. The van der Waals surface area contributed by atoms with E-state index in [0.29, 0.717) is 43.2 Å². The highest BCUT2D eigenvalue weighted by atomic mass is 16.5. The van der Waals surface area contributed by atoms with Gasteiger partial charge in [-0.2, -0.15) is 0 Å². The van der Waals surface area contributed by atoms with Crippen LogP contribution in [0.2, 0.25) is 0 Å². The van der Waals surface area contributed by atoms with Crippen LogP contribution in [0.25, 0.3) is 0 Å². The number of hydrogen-bond donors (Lipinski definition) is 2. The number of nitrogens with one attached hydrogen (secondary N) is 1. The molecule has 1 atom stereocenters. The molecule has 0 bridgehead atoms. The maximum absolute atomic E-state index is 12.6. The second kappa shape index (κ2) is 5.16. The van der Waals surface area contributed by atoms with E-state index in [-0.39, 0.29) is 18.0 Å². The van der Waals surface area contributed by atoms with Gasteiger partial charge in [-0.25, -0.2) is 4.79 Å². The largest absolute Gasteiger partial charge is 0.497 e. The van der Waals surface area contributed by atoms with Crippen LogP contribution in [-0.4, -0.2) is 61.1 Å². The van der Waals surface area contributed by atoms with Gasteiger partial charge in [0.25, 0.3) is 5.91 Å². The summed E-state index contributed by atoms with van der Waals surface area (Å²) in [7, 11) is 1.56. The highest BCUT2D eigenvalue weighted by molar-refractivity contribution is 5.99. The van der Waals surface area contributed by atoms with Crippen molar-refractivity contribution in [2.75, 3.05) is 39.0 Å². The van der Waals surface area contributed by atoms with E-state index in [1.165, 1.54) is 0 Å². The molecular formula is C14H18N4O3. The van der Waals surface area contributed by atoms with E-state index in [1.54, 1.807) is 35.1 Å². The highest BCUT2D eigenvalue weighted by Gasteiger charge is 2.37. The Bertz CT molecular complexity index is 590. The fourth-order valence-electron chi connectivity index (χ4n) is 2.82. The molecule has 0 radical (unpaired) electrons. The second-order valence-corrected chi connectivity index (χ2v) is 5.24. The van der Waals surface area contributed by atoms with Crippen LogP contribution >= 0.6 is 0 Å². The van der Waals surface area contributed by atoms with Crippen LogP contribution in [0.3, 0.4) is 0 Å². The summed E-state index contributed by atoms with van der Waals surface area (Å²) in [6.07, 6.45) is 0. The van der Waals surface area contributed by atoms with Crippen molar-refractivity contribution in [3.8, 4) is 5.75 Å². The van der Waals surface area contributed by atoms with Crippen LogP contribution < -0.4 is 15.8 Å². The lowest BCUT2D eigenvalue weighted by Gasteiger charge is -2.36. The lowest BCUT2D eigenvalue weighted by Crippen LogP contribution is -2.53. The van der Waals surface area contributed by atoms with Gasteiger partial charge in [0.05, 0.1) is 18.7 Å². The van der Waals surface area contributed by atoms with Gasteiger partial charge in [0, 0.05) is 37.9 Å². The Labute approximate surface area is 122 Å².